The second-order valence-corrected chi connectivity index (χ2v) is 7.29. The number of nitrogens with zero attached hydrogens (tertiary/aromatic N) is 5. The van der Waals surface area contributed by atoms with Crippen molar-refractivity contribution in [2.45, 2.75) is 6.54 Å². The first-order valence-electron chi connectivity index (χ1n) is 8.21. The summed E-state index contributed by atoms with van der Waals surface area (Å²) in [5.41, 5.74) is 7.88. The number of halogens is 1. The van der Waals surface area contributed by atoms with E-state index in [1.54, 1.807) is 42.9 Å². The molecule has 28 heavy (non-hydrogen) atoms. The number of aromatic nitrogens is 5. The van der Waals surface area contributed by atoms with Crippen LogP contribution in [0.25, 0.3) is 16.4 Å². The van der Waals surface area contributed by atoms with Gasteiger partial charge in [-0.05, 0) is 30.3 Å². The Labute approximate surface area is 169 Å². The van der Waals surface area contributed by atoms with E-state index >= 15 is 0 Å². The van der Waals surface area contributed by atoms with Crippen molar-refractivity contribution < 1.29 is 4.79 Å². The molecule has 140 valence electrons. The first-order chi connectivity index (χ1) is 13.6. The normalized spacial score (nSPS) is 10.8. The average molecular weight is 412 g/mol. The first-order valence-corrected chi connectivity index (χ1v) is 9.41. The largest absolute Gasteiger partial charge is 0.399 e. The van der Waals surface area contributed by atoms with Crippen LogP contribution in [-0.4, -0.2) is 30.9 Å². The van der Waals surface area contributed by atoms with E-state index in [1.165, 1.54) is 16.0 Å². The van der Waals surface area contributed by atoms with Gasteiger partial charge in [-0.25, -0.2) is 14.6 Å². The Hall–Kier alpha value is -3.30. The van der Waals surface area contributed by atoms with E-state index in [0.29, 0.717) is 27.1 Å². The number of thiazole rings is 1. The lowest BCUT2D eigenvalue weighted by molar-refractivity contribution is 0.0954. The van der Waals surface area contributed by atoms with Crippen LogP contribution in [0.5, 0.6) is 0 Å². The van der Waals surface area contributed by atoms with Crippen molar-refractivity contribution in [1.29, 1.82) is 0 Å². The van der Waals surface area contributed by atoms with Gasteiger partial charge in [-0.1, -0.05) is 16.8 Å². The number of rotatable bonds is 5. The summed E-state index contributed by atoms with van der Waals surface area (Å²) in [4.78, 5) is 21.4. The number of nitrogens with one attached hydrogen (secondary N) is 1. The Morgan fingerprint density at radius 2 is 2.04 bits per heavy atom. The van der Waals surface area contributed by atoms with Gasteiger partial charge in [0.2, 0.25) is 0 Å². The van der Waals surface area contributed by atoms with Gasteiger partial charge in [0.1, 0.15) is 15.6 Å². The second kappa shape index (κ2) is 7.75. The molecule has 0 fully saturated rings. The van der Waals surface area contributed by atoms with Crippen LogP contribution < -0.4 is 11.1 Å². The molecule has 3 aromatic heterocycles. The maximum Gasteiger partial charge on any atom is 0.263 e. The van der Waals surface area contributed by atoms with Crippen molar-refractivity contribution in [1.82, 2.24) is 30.3 Å². The van der Waals surface area contributed by atoms with Crippen LogP contribution in [-0.2, 0) is 6.54 Å². The van der Waals surface area contributed by atoms with Crippen LogP contribution in [0.4, 0.5) is 5.69 Å². The minimum absolute atomic E-state index is 0.227. The van der Waals surface area contributed by atoms with Gasteiger partial charge in [0.05, 0.1) is 18.9 Å². The number of carbonyl (C=O) groups excluding carboxylic acids is 1. The van der Waals surface area contributed by atoms with E-state index in [1.807, 2.05) is 12.1 Å². The minimum atomic E-state index is -0.227. The molecule has 4 aromatic rings. The van der Waals surface area contributed by atoms with E-state index in [0.717, 1.165) is 10.6 Å². The molecule has 0 saturated carbocycles. The predicted molar refractivity (Wildman–Crippen MR) is 107 cm³/mol. The molecule has 1 amide bonds. The SMILES string of the molecule is Nc1ccc(-c2ncc(C(=O)NCc3cn(-c4cc(Cl)ccn4)nn3)s2)cc1. The summed E-state index contributed by atoms with van der Waals surface area (Å²) >= 11 is 7.27. The summed E-state index contributed by atoms with van der Waals surface area (Å²) in [6, 6.07) is 10.7. The Kier molecular flexibility index (Phi) is 5.00. The van der Waals surface area contributed by atoms with E-state index in [4.69, 9.17) is 17.3 Å². The third-order valence-electron chi connectivity index (χ3n) is 3.80. The minimum Gasteiger partial charge on any atom is -0.399 e. The molecule has 0 bridgehead atoms. The Balaban J connectivity index is 1.40. The van der Waals surface area contributed by atoms with Gasteiger partial charge in [-0.3, -0.25) is 4.79 Å². The lowest BCUT2D eigenvalue weighted by atomic mass is 10.2. The molecule has 4 rings (SSSR count). The Morgan fingerprint density at radius 3 is 2.82 bits per heavy atom. The van der Waals surface area contributed by atoms with Gasteiger partial charge < -0.3 is 11.1 Å². The van der Waals surface area contributed by atoms with Crippen LogP contribution in [0, 0.1) is 0 Å². The molecule has 0 atom stereocenters. The summed E-state index contributed by atoms with van der Waals surface area (Å²) in [7, 11) is 0. The standard InChI is InChI=1S/C18H14ClN7OS/c19-12-5-6-21-16(7-12)26-10-14(24-25-26)8-22-17(27)15-9-23-18(28-15)11-1-3-13(20)4-2-11/h1-7,9-10H,8,20H2,(H,22,27). The van der Waals surface area contributed by atoms with E-state index in [-0.39, 0.29) is 12.5 Å². The van der Waals surface area contributed by atoms with E-state index in [9.17, 15) is 4.79 Å². The van der Waals surface area contributed by atoms with Gasteiger partial charge in [0.25, 0.3) is 5.91 Å². The third kappa shape index (κ3) is 4.00. The number of anilines is 1. The number of hydrogen-bond acceptors (Lipinski definition) is 7. The van der Waals surface area contributed by atoms with Gasteiger partial charge >= 0.3 is 0 Å². The maximum atomic E-state index is 12.4. The van der Waals surface area contributed by atoms with Crippen LogP contribution in [0.3, 0.4) is 0 Å². The lowest BCUT2D eigenvalue weighted by Gasteiger charge is -2.00. The quantitative estimate of drug-likeness (QED) is 0.488. The smallest absolute Gasteiger partial charge is 0.263 e. The average Bonchev–Trinajstić information content (AvgIpc) is 3.37. The fourth-order valence-corrected chi connectivity index (χ4v) is 3.40. The monoisotopic (exact) mass is 411 g/mol. The Morgan fingerprint density at radius 1 is 1.21 bits per heavy atom. The highest BCUT2D eigenvalue weighted by Gasteiger charge is 2.13. The number of nitrogens with two attached hydrogens (primary N) is 1. The summed E-state index contributed by atoms with van der Waals surface area (Å²) < 4.78 is 1.50. The van der Waals surface area contributed by atoms with Gasteiger partial charge in [-0.2, -0.15) is 0 Å². The third-order valence-corrected chi connectivity index (χ3v) is 5.08. The molecule has 0 unspecified atom stereocenters. The molecule has 1 aromatic carbocycles. The van der Waals surface area contributed by atoms with Crippen molar-refractivity contribution in [2.24, 2.45) is 0 Å². The van der Waals surface area contributed by atoms with E-state index in [2.05, 4.69) is 25.6 Å². The number of hydrogen-bond donors (Lipinski definition) is 2. The molecule has 8 nitrogen and oxygen atoms in total. The number of nitrogen functional groups attached to an aromatic ring is 1. The van der Waals surface area contributed by atoms with Gasteiger partial charge in [0, 0.05) is 28.5 Å². The molecule has 3 heterocycles. The number of benzene rings is 1. The van der Waals surface area contributed by atoms with Crippen molar-refractivity contribution >= 4 is 34.5 Å². The molecular weight excluding hydrogens is 398 g/mol. The van der Waals surface area contributed by atoms with Crippen molar-refractivity contribution in [3.63, 3.8) is 0 Å². The summed E-state index contributed by atoms with van der Waals surface area (Å²) in [6.07, 6.45) is 4.83. The lowest BCUT2D eigenvalue weighted by Crippen LogP contribution is -2.22. The maximum absolute atomic E-state index is 12.4. The molecule has 0 spiro atoms. The zero-order valence-corrected chi connectivity index (χ0v) is 16.0. The topological polar surface area (TPSA) is 112 Å². The summed E-state index contributed by atoms with van der Waals surface area (Å²) in [5.74, 6) is 0.322. The summed E-state index contributed by atoms with van der Waals surface area (Å²) in [6.45, 7) is 0.231. The highest BCUT2D eigenvalue weighted by molar-refractivity contribution is 7.16. The molecule has 0 aliphatic rings. The van der Waals surface area contributed by atoms with Crippen LogP contribution in [0.2, 0.25) is 5.02 Å². The molecule has 3 N–H and O–H groups in total. The Bertz CT molecular complexity index is 1120. The van der Waals surface area contributed by atoms with Gasteiger partial charge in [-0.15, -0.1) is 16.4 Å². The molecule has 0 aliphatic carbocycles. The van der Waals surface area contributed by atoms with Crippen LogP contribution >= 0.6 is 22.9 Å². The highest BCUT2D eigenvalue weighted by atomic mass is 35.5. The van der Waals surface area contributed by atoms with Crippen molar-refractivity contribution in [3.8, 4) is 16.4 Å². The van der Waals surface area contributed by atoms with Crippen LogP contribution in [0.1, 0.15) is 15.4 Å². The van der Waals surface area contributed by atoms with Crippen molar-refractivity contribution in [3.05, 3.63) is 70.6 Å². The molecule has 0 radical (unpaired) electrons. The molecule has 0 aliphatic heterocycles. The zero-order valence-electron chi connectivity index (χ0n) is 14.4. The highest BCUT2D eigenvalue weighted by Crippen LogP contribution is 2.25. The van der Waals surface area contributed by atoms with E-state index < -0.39 is 0 Å². The zero-order chi connectivity index (χ0) is 19.5. The molecular formula is C18H14ClN7OS. The fraction of sp³-hybridized carbons (Fsp3) is 0.0556. The summed E-state index contributed by atoms with van der Waals surface area (Å²) in [5, 5.41) is 12.2. The number of carbonyl (C=O) groups is 1. The molecule has 10 heteroatoms. The first kappa shape index (κ1) is 18.1. The molecule has 0 saturated heterocycles. The van der Waals surface area contributed by atoms with Gasteiger partial charge in [0.15, 0.2) is 5.82 Å². The second-order valence-electron chi connectivity index (χ2n) is 5.82. The van der Waals surface area contributed by atoms with Crippen LogP contribution in [0.15, 0.2) is 55.0 Å². The fourth-order valence-electron chi connectivity index (χ4n) is 2.41. The van der Waals surface area contributed by atoms with Crippen molar-refractivity contribution in [2.75, 3.05) is 5.73 Å². The number of amides is 1. The number of pyridine rings is 1. The predicted octanol–water partition coefficient (Wildman–Crippen LogP) is 2.95.